The van der Waals surface area contributed by atoms with Gasteiger partial charge in [-0.15, -0.1) is 0 Å². The number of urea groups is 1. The van der Waals surface area contributed by atoms with Crippen molar-refractivity contribution in [2.75, 3.05) is 18.8 Å². The number of aliphatic carboxylic acids is 5. The molecular weight excluding hydrogens is 1150 g/mol. The molecule has 0 fully saturated rings. The molecule has 31 heteroatoms. The summed E-state index contributed by atoms with van der Waals surface area (Å²) in [4.78, 5) is 177. The van der Waals surface area contributed by atoms with Crippen molar-refractivity contribution >= 4 is 95.8 Å². The number of rotatable bonds is 38. The monoisotopic (exact) mass is 1220 g/mol. The molecule has 0 aliphatic heterocycles. The second-order valence-corrected chi connectivity index (χ2v) is 19.9. The van der Waals surface area contributed by atoms with Crippen molar-refractivity contribution in [2.45, 2.75) is 126 Å². The Morgan fingerprint density at radius 3 is 1.28 bits per heavy atom. The molecule has 0 radical (unpaired) electrons. The lowest BCUT2D eigenvalue weighted by atomic mass is 10.0. The van der Waals surface area contributed by atoms with E-state index < -0.39 is 183 Å². The zero-order valence-corrected chi connectivity index (χ0v) is 47.4. The van der Waals surface area contributed by atoms with E-state index in [1.165, 1.54) is 0 Å². The summed E-state index contributed by atoms with van der Waals surface area (Å²) in [5.74, 6) is -14.7. The number of carbonyl (C=O) groups excluding carboxylic acids is 9. The standard InChI is InChI=1S/C55H71N11O19S/c1-30(59-49(76)38(24-32-13-7-3-8-14-32)60-43(68)21-18-35(52(79)80)65-55(85)66-36(53(81)82)19-22-45(70)71)17-20-42(67)57-28-44(69)61-39(25-33-15-9-4-10-16-33)50(77)63-37(23-31-11-5-2-6-12-31)48(75)58-27-34(56)47(74)62-40(26-46(72)73)51(78)64-41(29-86)54(83)84/h2-16,30,34-41,86H,17-29,56H2,1H3,(H,57,67)(H,58,75)(H,59,76)(H,60,68)(H,61,69)(H,62,74)(H,63,77)(H,64,78)(H,70,71)(H,72,73)(H,79,80)(H,81,82)(H,83,84)(H2,65,66,85)/t30-,34-,35-,36-,37-,38?,39-,40-,41-/m0/s1. The van der Waals surface area contributed by atoms with E-state index in [4.69, 9.17) is 10.8 Å². The summed E-state index contributed by atoms with van der Waals surface area (Å²) in [6.45, 7) is 0.345. The van der Waals surface area contributed by atoms with Crippen molar-refractivity contribution in [3.63, 3.8) is 0 Å². The second kappa shape index (κ2) is 36.8. The highest BCUT2D eigenvalue weighted by Crippen LogP contribution is 2.10. The van der Waals surface area contributed by atoms with E-state index in [-0.39, 0.29) is 37.9 Å². The molecule has 0 saturated heterocycles. The molecule has 466 valence electrons. The number of carboxylic acids is 5. The maximum absolute atomic E-state index is 14.1. The fourth-order valence-corrected chi connectivity index (χ4v) is 8.20. The Kier molecular flexibility index (Phi) is 30.2. The number of amides is 10. The van der Waals surface area contributed by atoms with Gasteiger partial charge in [0.1, 0.15) is 48.3 Å². The third-order valence-electron chi connectivity index (χ3n) is 12.6. The molecule has 0 aliphatic rings. The Hall–Kier alpha value is -9.65. The van der Waals surface area contributed by atoms with Crippen LogP contribution < -0.4 is 58.9 Å². The molecule has 0 aromatic heterocycles. The average Bonchev–Trinajstić information content (AvgIpc) is 3.49. The fourth-order valence-electron chi connectivity index (χ4n) is 7.95. The molecule has 86 heavy (non-hydrogen) atoms. The number of hydrogen-bond donors (Lipinski definition) is 17. The van der Waals surface area contributed by atoms with Gasteiger partial charge in [-0.05, 0) is 42.9 Å². The van der Waals surface area contributed by atoms with E-state index in [0.717, 1.165) is 0 Å². The van der Waals surface area contributed by atoms with E-state index in [9.17, 15) is 87.5 Å². The summed E-state index contributed by atoms with van der Waals surface area (Å²) in [7, 11) is 0. The molecule has 9 atom stereocenters. The van der Waals surface area contributed by atoms with Gasteiger partial charge >= 0.3 is 35.9 Å². The first-order valence-electron chi connectivity index (χ1n) is 26.8. The van der Waals surface area contributed by atoms with Crippen LogP contribution in [-0.4, -0.2) is 182 Å². The van der Waals surface area contributed by atoms with Crippen LogP contribution in [0.3, 0.4) is 0 Å². The van der Waals surface area contributed by atoms with Gasteiger partial charge in [-0.2, -0.15) is 12.6 Å². The molecule has 3 aromatic carbocycles. The lowest BCUT2D eigenvalue weighted by Crippen LogP contribution is -2.59. The largest absolute Gasteiger partial charge is 0.481 e. The Morgan fingerprint density at radius 2 is 0.826 bits per heavy atom. The summed E-state index contributed by atoms with van der Waals surface area (Å²) in [5, 5.41) is 70.2. The summed E-state index contributed by atoms with van der Waals surface area (Å²) >= 11 is 3.85. The van der Waals surface area contributed by atoms with E-state index >= 15 is 0 Å². The Balaban J connectivity index is 1.64. The molecule has 3 rings (SSSR count). The highest BCUT2D eigenvalue weighted by Gasteiger charge is 2.33. The van der Waals surface area contributed by atoms with E-state index in [2.05, 4.69) is 55.2 Å². The Labute approximate surface area is 497 Å². The molecule has 0 spiro atoms. The molecule has 17 N–H and O–H groups in total. The van der Waals surface area contributed by atoms with Gasteiger partial charge in [0.05, 0.1) is 13.0 Å². The summed E-state index contributed by atoms with van der Waals surface area (Å²) < 4.78 is 0. The van der Waals surface area contributed by atoms with Gasteiger partial charge in [-0.3, -0.25) is 47.9 Å². The third kappa shape index (κ3) is 27.2. The summed E-state index contributed by atoms with van der Waals surface area (Å²) in [5.41, 5.74) is 7.81. The topological polar surface area (TPSA) is 486 Å². The van der Waals surface area contributed by atoms with Gasteiger partial charge in [0.25, 0.3) is 0 Å². The van der Waals surface area contributed by atoms with Gasteiger partial charge in [-0.25, -0.2) is 19.2 Å². The molecule has 10 amide bonds. The number of benzene rings is 3. The molecule has 30 nitrogen and oxygen atoms in total. The zero-order valence-electron chi connectivity index (χ0n) is 46.5. The van der Waals surface area contributed by atoms with Crippen LogP contribution in [0.2, 0.25) is 0 Å². The van der Waals surface area contributed by atoms with Crippen LogP contribution in [0, 0.1) is 0 Å². The molecule has 1 unspecified atom stereocenters. The lowest BCUT2D eigenvalue weighted by Gasteiger charge is -2.24. The minimum Gasteiger partial charge on any atom is -0.481 e. The molecule has 0 heterocycles. The van der Waals surface area contributed by atoms with Gasteiger partial charge in [-0.1, -0.05) is 91.0 Å². The highest BCUT2D eigenvalue weighted by molar-refractivity contribution is 7.80. The number of nitrogens with one attached hydrogen (secondary N) is 10. The third-order valence-corrected chi connectivity index (χ3v) is 12.9. The maximum atomic E-state index is 14.1. The first kappa shape index (κ1) is 70.6. The minimum absolute atomic E-state index is 0.0197. The normalized spacial score (nSPS) is 13.9. The van der Waals surface area contributed by atoms with E-state index in [1.807, 2.05) is 10.6 Å². The fraction of sp³-hybridized carbons (Fsp3) is 0.418. The number of carbonyl (C=O) groups is 14. The Morgan fingerprint density at radius 1 is 0.419 bits per heavy atom. The average molecular weight is 1220 g/mol. The number of hydrogen-bond acceptors (Lipinski definition) is 16. The van der Waals surface area contributed by atoms with Crippen LogP contribution in [0.25, 0.3) is 0 Å². The van der Waals surface area contributed by atoms with Crippen LogP contribution in [0.4, 0.5) is 4.79 Å². The minimum atomic E-state index is -1.77. The molecule has 0 bridgehead atoms. The van der Waals surface area contributed by atoms with Gasteiger partial charge < -0.3 is 84.4 Å². The van der Waals surface area contributed by atoms with Crippen LogP contribution in [0.1, 0.15) is 68.6 Å². The van der Waals surface area contributed by atoms with Crippen molar-refractivity contribution in [3.8, 4) is 0 Å². The summed E-state index contributed by atoms with van der Waals surface area (Å²) in [6.07, 6.45) is -3.55. The van der Waals surface area contributed by atoms with E-state index in [0.29, 0.717) is 16.7 Å². The number of carboxylic acid groups (broad SMARTS) is 5. The molecular formula is C55H71N11O19S. The quantitative estimate of drug-likeness (QED) is 0.0260. The van der Waals surface area contributed by atoms with Crippen LogP contribution in [0.15, 0.2) is 91.0 Å². The van der Waals surface area contributed by atoms with Crippen LogP contribution >= 0.6 is 12.6 Å². The van der Waals surface area contributed by atoms with Crippen LogP contribution in [0.5, 0.6) is 0 Å². The van der Waals surface area contributed by atoms with Crippen molar-refractivity contribution < 1.29 is 92.7 Å². The molecule has 3 aromatic rings. The highest BCUT2D eigenvalue weighted by atomic mass is 32.1. The van der Waals surface area contributed by atoms with Crippen molar-refractivity contribution in [2.24, 2.45) is 5.73 Å². The second-order valence-electron chi connectivity index (χ2n) is 19.6. The van der Waals surface area contributed by atoms with Crippen molar-refractivity contribution in [1.82, 2.24) is 53.2 Å². The lowest BCUT2D eigenvalue weighted by molar-refractivity contribution is -0.143. The first-order chi connectivity index (χ1) is 40.7. The zero-order chi connectivity index (χ0) is 63.9. The van der Waals surface area contributed by atoms with Gasteiger partial charge in [0.2, 0.25) is 47.3 Å². The van der Waals surface area contributed by atoms with Crippen LogP contribution in [-0.2, 0) is 81.6 Å². The number of nitrogens with two attached hydrogens (primary N) is 1. The van der Waals surface area contributed by atoms with Crippen molar-refractivity contribution in [1.29, 1.82) is 0 Å². The smallest absolute Gasteiger partial charge is 0.327 e. The van der Waals surface area contributed by atoms with Gasteiger partial charge in [0.15, 0.2) is 0 Å². The first-order valence-corrected chi connectivity index (χ1v) is 27.4. The van der Waals surface area contributed by atoms with Crippen molar-refractivity contribution in [3.05, 3.63) is 108 Å². The van der Waals surface area contributed by atoms with E-state index in [1.54, 1.807) is 97.9 Å². The Bertz CT molecular complexity index is 2860. The molecule has 0 saturated carbocycles. The summed E-state index contributed by atoms with van der Waals surface area (Å²) in [6, 6.07) is 11.2. The van der Waals surface area contributed by atoms with Gasteiger partial charge in [0, 0.05) is 56.9 Å². The predicted octanol–water partition coefficient (Wildman–Crippen LogP) is -2.68. The number of thiol groups is 1. The predicted molar refractivity (Wildman–Crippen MR) is 305 cm³/mol. The SMILES string of the molecule is C[C@@H](CCC(=O)NCC(=O)N[C@@H](Cc1ccccc1)C(=O)N[C@@H](Cc1ccccc1)C(=O)NC[C@H](N)C(=O)N[C@@H](CC(=O)O)C(=O)N[C@@H](CS)C(=O)O)NC(=O)C(Cc1ccccc1)NC(=O)CC[C@H](NC(=O)N[C@@H](CCC(=O)O)C(=O)O)C(=O)O. The molecule has 0 aliphatic carbocycles. The maximum Gasteiger partial charge on any atom is 0.327 e.